The maximum atomic E-state index is 3.73. The molecule has 0 amide bonds. The first-order valence-electron chi connectivity index (χ1n) is 3.97. The van der Waals surface area contributed by atoms with Gasteiger partial charge in [0.05, 0.1) is 0 Å². The van der Waals surface area contributed by atoms with E-state index in [0.717, 1.165) is 5.56 Å². The molecular formula is C12H13. The molecule has 1 aromatic rings. The molecule has 0 saturated heterocycles. The predicted octanol–water partition coefficient (Wildman–Crippen LogP) is 3.46. The highest BCUT2D eigenvalue weighted by molar-refractivity contribution is 5.51. The third-order valence-electron chi connectivity index (χ3n) is 1.88. The standard InChI is InChI=1S/C12H13/c1-4-10(3)12-8-6-7-11(5-2)9-12/h4-9H,1-2H2,3H3. The van der Waals surface area contributed by atoms with Crippen LogP contribution < -0.4 is 0 Å². The lowest BCUT2D eigenvalue weighted by atomic mass is 9.99. The lowest BCUT2D eigenvalue weighted by molar-refractivity contribution is 1.25. The van der Waals surface area contributed by atoms with Crippen LogP contribution in [0.5, 0.6) is 0 Å². The van der Waals surface area contributed by atoms with Gasteiger partial charge < -0.3 is 0 Å². The summed E-state index contributed by atoms with van der Waals surface area (Å²) >= 11 is 0. The molecular weight excluding hydrogens is 144 g/mol. The Morgan fingerprint density at radius 2 is 2.08 bits per heavy atom. The molecule has 0 fully saturated rings. The normalized spacial score (nSPS) is 9.83. The lowest BCUT2D eigenvalue weighted by Gasteiger charge is -2.05. The Kier molecular flexibility index (Phi) is 2.87. The zero-order chi connectivity index (χ0) is 8.97. The van der Waals surface area contributed by atoms with Crippen molar-refractivity contribution in [3.05, 3.63) is 60.5 Å². The van der Waals surface area contributed by atoms with Crippen molar-refractivity contribution < 1.29 is 0 Å². The second-order valence-electron chi connectivity index (χ2n) is 2.72. The van der Waals surface area contributed by atoms with Crippen molar-refractivity contribution in [2.45, 2.75) is 6.92 Å². The van der Waals surface area contributed by atoms with Crippen LogP contribution in [0.2, 0.25) is 0 Å². The van der Waals surface area contributed by atoms with Gasteiger partial charge in [-0.25, -0.2) is 0 Å². The summed E-state index contributed by atoms with van der Waals surface area (Å²) in [5.74, 6) is 1.19. The number of allylic oxidation sites excluding steroid dienone is 1. The smallest absolute Gasteiger partial charge is 0.0230 e. The minimum Gasteiger partial charge on any atom is -0.102 e. The Balaban J connectivity index is 3.00. The van der Waals surface area contributed by atoms with Gasteiger partial charge in [0.15, 0.2) is 0 Å². The SMILES string of the molecule is C=C[C](C)c1cccc(C=C)c1. The molecule has 12 heavy (non-hydrogen) atoms. The Hall–Kier alpha value is -1.30. The summed E-state index contributed by atoms with van der Waals surface area (Å²) in [5, 5.41) is 0. The van der Waals surface area contributed by atoms with E-state index >= 15 is 0 Å². The number of hydrogen-bond acceptors (Lipinski definition) is 0. The van der Waals surface area contributed by atoms with Gasteiger partial charge in [-0.05, 0) is 11.1 Å². The summed E-state index contributed by atoms with van der Waals surface area (Å²) in [6.07, 6.45) is 3.71. The van der Waals surface area contributed by atoms with Crippen molar-refractivity contribution in [3.63, 3.8) is 0 Å². The molecule has 0 aliphatic heterocycles. The van der Waals surface area contributed by atoms with Crippen molar-refractivity contribution in [2.75, 3.05) is 0 Å². The van der Waals surface area contributed by atoms with Crippen LogP contribution in [0.15, 0.2) is 43.5 Å². The Morgan fingerprint density at radius 1 is 1.33 bits per heavy atom. The van der Waals surface area contributed by atoms with Gasteiger partial charge in [-0.2, -0.15) is 0 Å². The summed E-state index contributed by atoms with van der Waals surface area (Å²) in [6, 6.07) is 8.24. The van der Waals surface area contributed by atoms with E-state index < -0.39 is 0 Å². The number of rotatable bonds is 3. The van der Waals surface area contributed by atoms with E-state index in [2.05, 4.69) is 32.2 Å². The second-order valence-corrected chi connectivity index (χ2v) is 2.72. The van der Waals surface area contributed by atoms with Crippen LogP contribution in [-0.2, 0) is 0 Å². The van der Waals surface area contributed by atoms with Gasteiger partial charge in [-0.15, -0.1) is 6.58 Å². The molecule has 0 N–H and O–H groups in total. The fourth-order valence-corrected chi connectivity index (χ4v) is 1.03. The Bertz CT molecular complexity index is 284. The van der Waals surface area contributed by atoms with Gasteiger partial charge in [-0.1, -0.05) is 49.9 Å². The third-order valence-corrected chi connectivity index (χ3v) is 1.88. The van der Waals surface area contributed by atoms with E-state index in [9.17, 15) is 0 Å². The molecule has 0 aromatic heterocycles. The molecule has 0 spiro atoms. The summed E-state index contributed by atoms with van der Waals surface area (Å²) in [4.78, 5) is 0. The molecule has 1 aromatic carbocycles. The molecule has 0 aliphatic rings. The van der Waals surface area contributed by atoms with E-state index in [-0.39, 0.29) is 0 Å². The molecule has 0 atom stereocenters. The quantitative estimate of drug-likeness (QED) is 0.630. The second kappa shape index (κ2) is 3.91. The highest BCUT2D eigenvalue weighted by atomic mass is 14.0. The molecule has 1 rings (SSSR count). The van der Waals surface area contributed by atoms with Crippen molar-refractivity contribution >= 4 is 6.08 Å². The molecule has 1 radical (unpaired) electrons. The van der Waals surface area contributed by atoms with E-state index in [0.29, 0.717) is 0 Å². The third kappa shape index (κ3) is 1.85. The highest BCUT2D eigenvalue weighted by Gasteiger charge is 2.00. The predicted molar refractivity (Wildman–Crippen MR) is 54.7 cm³/mol. The Labute approximate surface area is 74.2 Å². The van der Waals surface area contributed by atoms with Crippen LogP contribution in [0.3, 0.4) is 0 Å². The highest BCUT2D eigenvalue weighted by Crippen LogP contribution is 2.16. The van der Waals surface area contributed by atoms with Crippen LogP contribution >= 0.6 is 0 Å². The molecule has 0 aliphatic carbocycles. The van der Waals surface area contributed by atoms with E-state index in [1.165, 1.54) is 11.5 Å². The first-order valence-corrected chi connectivity index (χ1v) is 3.97. The summed E-state index contributed by atoms with van der Waals surface area (Å²) < 4.78 is 0. The van der Waals surface area contributed by atoms with Crippen LogP contribution in [0.1, 0.15) is 18.1 Å². The molecule has 61 valence electrons. The fourth-order valence-electron chi connectivity index (χ4n) is 1.03. The van der Waals surface area contributed by atoms with Gasteiger partial charge in [-0.3, -0.25) is 0 Å². The largest absolute Gasteiger partial charge is 0.102 e. The van der Waals surface area contributed by atoms with E-state index in [1.54, 1.807) is 0 Å². The van der Waals surface area contributed by atoms with Gasteiger partial charge >= 0.3 is 0 Å². The molecule has 0 nitrogen and oxygen atoms in total. The molecule has 0 unspecified atom stereocenters. The zero-order valence-electron chi connectivity index (χ0n) is 7.38. The molecule has 0 bridgehead atoms. The summed E-state index contributed by atoms with van der Waals surface area (Å²) in [6.45, 7) is 9.50. The lowest BCUT2D eigenvalue weighted by Crippen LogP contribution is -1.89. The maximum absolute atomic E-state index is 3.73. The van der Waals surface area contributed by atoms with Gasteiger partial charge in [0.25, 0.3) is 0 Å². The van der Waals surface area contributed by atoms with E-state index in [1.807, 2.05) is 24.3 Å². The first-order chi connectivity index (χ1) is 5.77. The number of hydrogen-bond donors (Lipinski definition) is 0. The summed E-state index contributed by atoms with van der Waals surface area (Å²) in [5.41, 5.74) is 2.36. The van der Waals surface area contributed by atoms with Gasteiger partial charge in [0.1, 0.15) is 0 Å². The Morgan fingerprint density at radius 3 is 2.67 bits per heavy atom. The van der Waals surface area contributed by atoms with Gasteiger partial charge in [0, 0.05) is 5.92 Å². The number of benzene rings is 1. The van der Waals surface area contributed by atoms with Crippen LogP contribution in [0.25, 0.3) is 6.08 Å². The fraction of sp³-hybridized carbons (Fsp3) is 0.0833. The zero-order valence-corrected chi connectivity index (χ0v) is 7.38. The monoisotopic (exact) mass is 157 g/mol. The first kappa shape index (κ1) is 8.79. The van der Waals surface area contributed by atoms with Crippen LogP contribution in [0, 0.1) is 5.92 Å². The topological polar surface area (TPSA) is 0 Å². The van der Waals surface area contributed by atoms with E-state index in [4.69, 9.17) is 0 Å². The maximum Gasteiger partial charge on any atom is 0.0230 e. The summed E-state index contributed by atoms with van der Waals surface area (Å²) in [7, 11) is 0. The average molecular weight is 157 g/mol. The molecule has 0 heteroatoms. The van der Waals surface area contributed by atoms with Gasteiger partial charge in [0.2, 0.25) is 0 Å². The van der Waals surface area contributed by atoms with Crippen LogP contribution in [-0.4, -0.2) is 0 Å². The minimum absolute atomic E-state index is 1.15. The average Bonchev–Trinajstić information content (AvgIpc) is 2.17. The van der Waals surface area contributed by atoms with Crippen LogP contribution in [0.4, 0.5) is 0 Å². The van der Waals surface area contributed by atoms with Crippen molar-refractivity contribution in [1.82, 2.24) is 0 Å². The van der Waals surface area contributed by atoms with Crippen molar-refractivity contribution in [3.8, 4) is 0 Å². The van der Waals surface area contributed by atoms with Crippen molar-refractivity contribution in [1.29, 1.82) is 0 Å². The molecule has 0 heterocycles. The van der Waals surface area contributed by atoms with Crippen molar-refractivity contribution in [2.24, 2.45) is 0 Å². The molecule has 0 saturated carbocycles. The minimum atomic E-state index is 1.15.